The Morgan fingerprint density at radius 3 is 2.05 bits per heavy atom. The molecule has 1 fully saturated rings. The van der Waals surface area contributed by atoms with Crippen LogP contribution in [0.1, 0.15) is 24.1 Å². The number of rotatable bonds is 9. The molecule has 198 valence electrons. The van der Waals surface area contributed by atoms with Crippen molar-refractivity contribution in [2.24, 2.45) is 0 Å². The van der Waals surface area contributed by atoms with Crippen molar-refractivity contribution in [3.63, 3.8) is 0 Å². The fourth-order valence-electron chi connectivity index (χ4n) is 4.45. The van der Waals surface area contributed by atoms with E-state index in [1.165, 1.54) is 33.3 Å². The maximum absolute atomic E-state index is 13.5. The smallest absolute Gasteiger partial charge is 0.300 e. The lowest BCUT2D eigenvalue weighted by Gasteiger charge is -2.26. The number of hydrogen-bond acceptors (Lipinski definition) is 8. The molecule has 0 aromatic heterocycles. The first-order chi connectivity index (χ1) is 18.4. The van der Waals surface area contributed by atoms with Crippen molar-refractivity contribution < 1.29 is 38.4 Å². The third-order valence-corrected chi connectivity index (χ3v) is 6.26. The average Bonchev–Trinajstić information content (AvgIpc) is 3.22. The number of benzene rings is 3. The average molecular weight is 520 g/mol. The van der Waals surface area contributed by atoms with Crippen molar-refractivity contribution in [1.29, 1.82) is 0 Å². The number of anilines is 1. The summed E-state index contributed by atoms with van der Waals surface area (Å²) in [5.41, 5.74) is 1.13. The van der Waals surface area contributed by atoms with Gasteiger partial charge in [0.25, 0.3) is 11.7 Å². The fourth-order valence-corrected chi connectivity index (χ4v) is 4.45. The van der Waals surface area contributed by atoms with Crippen molar-refractivity contribution in [2.45, 2.75) is 13.0 Å². The highest BCUT2D eigenvalue weighted by Gasteiger charge is 2.47. The maximum atomic E-state index is 13.5. The Morgan fingerprint density at radius 2 is 1.45 bits per heavy atom. The molecule has 1 saturated heterocycles. The number of aliphatic hydroxyl groups excluding tert-OH is 1. The number of methoxy groups -OCH3 is 4. The highest BCUT2D eigenvalue weighted by molar-refractivity contribution is 6.51. The minimum absolute atomic E-state index is 0.0976. The van der Waals surface area contributed by atoms with Gasteiger partial charge in [0.1, 0.15) is 23.0 Å². The molecule has 4 rings (SSSR count). The second kappa shape index (κ2) is 11.2. The van der Waals surface area contributed by atoms with Crippen molar-refractivity contribution in [1.82, 2.24) is 0 Å². The van der Waals surface area contributed by atoms with Crippen molar-refractivity contribution in [3.05, 3.63) is 77.4 Å². The van der Waals surface area contributed by atoms with E-state index in [1.807, 2.05) is 6.92 Å². The van der Waals surface area contributed by atoms with E-state index < -0.39 is 17.7 Å². The van der Waals surface area contributed by atoms with E-state index in [4.69, 9.17) is 23.7 Å². The highest BCUT2D eigenvalue weighted by atomic mass is 16.5. The van der Waals surface area contributed by atoms with Gasteiger partial charge in [-0.15, -0.1) is 0 Å². The normalized spacial score (nSPS) is 16.3. The molecule has 1 atom stereocenters. The first-order valence-corrected chi connectivity index (χ1v) is 11.9. The van der Waals surface area contributed by atoms with Crippen LogP contribution in [0.2, 0.25) is 0 Å². The Morgan fingerprint density at radius 1 is 0.789 bits per heavy atom. The SMILES string of the molecule is CCOc1ccc(N2C(=O)C(=O)/C(=C(/O)c3ccc(OC)cc3OC)C2c2ccc(OC)c(OC)c2)cc1. The number of hydrogen-bond donors (Lipinski definition) is 1. The molecule has 0 saturated carbocycles. The van der Waals surface area contributed by atoms with E-state index in [1.54, 1.807) is 60.7 Å². The first kappa shape index (κ1) is 26.4. The Balaban J connectivity index is 1.95. The van der Waals surface area contributed by atoms with Gasteiger partial charge in [0.2, 0.25) is 0 Å². The predicted octanol–water partition coefficient (Wildman–Crippen LogP) is 4.75. The van der Waals surface area contributed by atoms with Gasteiger partial charge in [0.15, 0.2) is 11.5 Å². The molecule has 1 N–H and O–H groups in total. The van der Waals surface area contributed by atoms with Gasteiger partial charge in [-0.25, -0.2) is 0 Å². The molecule has 3 aromatic rings. The lowest BCUT2D eigenvalue weighted by molar-refractivity contribution is -0.132. The van der Waals surface area contributed by atoms with Gasteiger partial charge in [-0.05, 0) is 61.0 Å². The van der Waals surface area contributed by atoms with Gasteiger partial charge in [-0.2, -0.15) is 0 Å². The van der Waals surface area contributed by atoms with Gasteiger partial charge >= 0.3 is 0 Å². The second-order valence-electron chi connectivity index (χ2n) is 8.28. The van der Waals surface area contributed by atoms with E-state index in [9.17, 15) is 14.7 Å². The number of ketones is 1. The number of carbonyl (C=O) groups is 2. The van der Waals surface area contributed by atoms with Crippen molar-refractivity contribution >= 4 is 23.1 Å². The molecule has 3 aromatic carbocycles. The predicted molar refractivity (Wildman–Crippen MR) is 141 cm³/mol. The molecule has 0 bridgehead atoms. The van der Waals surface area contributed by atoms with Gasteiger partial charge in [0, 0.05) is 11.8 Å². The minimum atomic E-state index is -0.973. The number of carbonyl (C=O) groups excluding carboxylic acids is 2. The van der Waals surface area contributed by atoms with Crippen molar-refractivity contribution in [2.75, 3.05) is 39.9 Å². The zero-order chi connectivity index (χ0) is 27.4. The quantitative estimate of drug-likeness (QED) is 0.246. The van der Waals surface area contributed by atoms with E-state index >= 15 is 0 Å². The largest absolute Gasteiger partial charge is 0.507 e. The van der Waals surface area contributed by atoms with Crippen LogP contribution in [0.4, 0.5) is 5.69 Å². The molecular formula is C29H29NO8. The van der Waals surface area contributed by atoms with Gasteiger partial charge in [-0.3, -0.25) is 14.5 Å². The molecule has 38 heavy (non-hydrogen) atoms. The van der Waals surface area contributed by atoms with Crippen LogP contribution in [0.3, 0.4) is 0 Å². The monoisotopic (exact) mass is 519 g/mol. The Labute approximate surface area is 220 Å². The van der Waals surface area contributed by atoms with Gasteiger partial charge < -0.3 is 28.8 Å². The summed E-state index contributed by atoms with van der Waals surface area (Å²) >= 11 is 0. The molecule has 9 heteroatoms. The minimum Gasteiger partial charge on any atom is -0.507 e. The molecule has 1 aliphatic heterocycles. The van der Waals surface area contributed by atoms with Gasteiger partial charge in [0.05, 0.1) is 52.2 Å². The lowest BCUT2D eigenvalue weighted by Crippen LogP contribution is -2.29. The standard InChI is InChI=1S/C29H29NO8/c1-6-38-19-10-8-18(9-11-19)30-26(17-7-14-22(35-3)24(15-17)37-5)25(28(32)29(30)33)27(31)21-13-12-20(34-2)16-23(21)36-4/h7-16,26,31H,6H2,1-5H3/b27-25+. The third kappa shape index (κ3) is 4.70. The Hall–Kier alpha value is -4.66. The Bertz CT molecular complexity index is 1380. The molecular weight excluding hydrogens is 490 g/mol. The van der Waals surface area contributed by atoms with E-state index in [2.05, 4.69) is 0 Å². The lowest BCUT2D eigenvalue weighted by atomic mass is 9.94. The molecule has 1 unspecified atom stereocenters. The van der Waals surface area contributed by atoms with Crippen LogP contribution < -0.4 is 28.6 Å². The topological polar surface area (TPSA) is 104 Å². The molecule has 1 aliphatic rings. The van der Waals surface area contributed by atoms with Crippen LogP contribution in [0.5, 0.6) is 28.7 Å². The van der Waals surface area contributed by atoms with E-state index in [-0.39, 0.29) is 22.6 Å². The summed E-state index contributed by atoms with van der Waals surface area (Å²) in [5, 5.41) is 11.5. The molecule has 0 aliphatic carbocycles. The molecule has 1 heterocycles. The van der Waals surface area contributed by atoms with Crippen LogP contribution in [-0.4, -0.2) is 51.8 Å². The first-order valence-electron chi connectivity index (χ1n) is 11.9. The van der Waals surface area contributed by atoms with Gasteiger partial charge in [-0.1, -0.05) is 6.07 Å². The number of Topliss-reactive ketones (excluding diaryl/α,β-unsaturated/α-hetero) is 1. The number of nitrogens with zero attached hydrogens (tertiary/aromatic N) is 1. The third-order valence-electron chi connectivity index (χ3n) is 6.26. The summed E-state index contributed by atoms with van der Waals surface area (Å²) in [4.78, 5) is 28.3. The summed E-state index contributed by atoms with van der Waals surface area (Å²) < 4.78 is 27.1. The van der Waals surface area contributed by atoms with Crippen LogP contribution in [-0.2, 0) is 9.59 Å². The number of aliphatic hydroxyl groups is 1. The van der Waals surface area contributed by atoms with E-state index in [0.29, 0.717) is 40.9 Å². The summed E-state index contributed by atoms with van der Waals surface area (Å²) in [6, 6.07) is 15.7. The number of amides is 1. The molecule has 1 amide bonds. The fraction of sp³-hybridized carbons (Fsp3) is 0.241. The van der Waals surface area contributed by atoms with Crippen LogP contribution >= 0.6 is 0 Å². The van der Waals surface area contributed by atoms with Crippen LogP contribution in [0, 0.1) is 0 Å². The molecule has 0 radical (unpaired) electrons. The Kier molecular flexibility index (Phi) is 7.76. The van der Waals surface area contributed by atoms with Crippen molar-refractivity contribution in [3.8, 4) is 28.7 Å². The van der Waals surface area contributed by atoms with Crippen LogP contribution in [0.25, 0.3) is 5.76 Å². The summed E-state index contributed by atoms with van der Waals surface area (Å²) in [6.45, 7) is 2.36. The maximum Gasteiger partial charge on any atom is 0.300 e. The van der Waals surface area contributed by atoms with Crippen LogP contribution in [0.15, 0.2) is 66.2 Å². The van der Waals surface area contributed by atoms with E-state index in [0.717, 1.165) is 0 Å². The summed E-state index contributed by atoms with van der Waals surface area (Å²) in [5.74, 6) is 0.284. The highest BCUT2D eigenvalue weighted by Crippen LogP contribution is 2.45. The number of ether oxygens (including phenoxy) is 5. The zero-order valence-electron chi connectivity index (χ0n) is 21.8. The summed E-state index contributed by atoms with van der Waals surface area (Å²) in [7, 11) is 5.95. The molecule has 9 nitrogen and oxygen atoms in total. The zero-order valence-corrected chi connectivity index (χ0v) is 21.8. The summed E-state index contributed by atoms with van der Waals surface area (Å²) in [6.07, 6.45) is 0. The second-order valence-corrected chi connectivity index (χ2v) is 8.28. The molecule has 0 spiro atoms.